The first-order chi connectivity index (χ1) is 8.17. The third kappa shape index (κ3) is 2.11. The molecule has 1 aliphatic heterocycles. The van der Waals surface area contributed by atoms with Gasteiger partial charge in [0.1, 0.15) is 0 Å². The van der Waals surface area contributed by atoms with Gasteiger partial charge in [-0.2, -0.15) is 0 Å². The molecular formula is C11H17NO5S. The number of nitrogens with zero attached hydrogens (tertiary/aromatic N) is 1. The molecule has 102 valence electrons. The minimum atomic E-state index is -3.02. The lowest BCUT2D eigenvalue weighted by molar-refractivity contribution is -0.142. The zero-order valence-corrected chi connectivity index (χ0v) is 11.2. The molecule has 0 spiro atoms. The fraction of sp³-hybridized carbons (Fsp3) is 0.818. The van der Waals surface area contributed by atoms with Gasteiger partial charge in [-0.1, -0.05) is 13.8 Å². The van der Waals surface area contributed by atoms with Crippen LogP contribution in [-0.4, -0.2) is 54.9 Å². The maximum atomic E-state index is 12.2. The molecule has 1 amide bonds. The molecule has 1 heterocycles. The molecule has 0 aromatic rings. The van der Waals surface area contributed by atoms with Gasteiger partial charge in [-0.15, -0.1) is 0 Å². The number of carbonyl (C=O) groups excluding carboxylic acids is 1. The second kappa shape index (κ2) is 3.94. The van der Waals surface area contributed by atoms with Crippen molar-refractivity contribution in [2.75, 3.05) is 24.6 Å². The summed E-state index contributed by atoms with van der Waals surface area (Å²) in [5.41, 5.74) is -0.529. The third-order valence-corrected chi connectivity index (χ3v) is 5.62. The van der Waals surface area contributed by atoms with Gasteiger partial charge in [0.15, 0.2) is 9.84 Å². The first kappa shape index (κ1) is 13.3. The van der Waals surface area contributed by atoms with Crippen molar-refractivity contribution in [3.63, 3.8) is 0 Å². The normalized spacial score (nSPS) is 32.9. The van der Waals surface area contributed by atoms with E-state index in [2.05, 4.69) is 0 Å². The molecule has 1 aliphatic carbocycles. The van der Waals surface area contributed by atoms with E-state index in [1.54, 1.807) is 13.8 Å². The molecule has 2 fully saturated rings. The highest BCUT2D eigenvalue weighted by Gasteiger charge is 2.66. The number of carboxylic acid groups (broad SMARTS) is 1. The SMILES string of the molecule is CC1(C)C(C(=O)O)C1C(=O)N1CCS(=O)(=O)CC1. The van der Waals surface area contributed by atoms with Crippen molar-refractivity contribution in [2.45, 2.75) is 13.8 Å². The molecule has 1 saturated heterocycles. The van der Waals surface area contributed by atoms with Crippen LogP contribution in [0.15, 0.2) is 0 Å². The van der Waals surface area contributed by atoms with Crippen LogP contribution in [0.2, 0.25) is 0 Å². The van der Waals surface area contributed by atoms with E-state index in [1.807, 2.05) is 0 Å². The van der Waals surface area contributed by atoms with Gasteiger partial charge in [0.2, 0.25) is 5.91 Å². The molecule has 0 aromatic heterocycles. The summed E-state index contributed by atoms with van der Waals surface area (Å²) in [6.07, 6.45) is 0. The van der Waals surface area contributed by atoms with Crippen molar-refractivity contribution >= 4 is 21.7 Å². The average molecular weight is 275 g/mol. The van der Waals surface area contributed by atoms with Crippen molar-refractivity contribution in [3.05, 3.63) is 0 Å². The summed E-state index contributed by atoms with van der Waals surface area (Å²) < 4.78 is 22.5. The van der Waals surface area contributed by atoms with Crippen LogP contribution < -0.4 is 0 Å². The Hall–Kier alpha value is -1.11. The quantitative estimate of drug-likeness (QED) is 0.740. The number of sulfone groups is 1. The molecule has 1 saturated carbocycles. The summed E-state index contributed by atoms with van der Waals surface area (Å²) in [4.78, 5) is 24.7. The lowest BCUT2D eigenvalue weighted by atomic mass is 10.1. The number of amides is 1. The van der Waals surface area contributed by atoms with Crippen LogP contribution in [0.25, 0.3) is 0 Å². The first-order valence-electron chi connectivity index (χ1n) is 5.89. The third-order valence-electron chi connectivity index (χ3n) is 4.02. The Bertz CT molecular complexity index is 482. The van der Waals surface area contributed by atoms with Crippen LogP contribution in [0.4, 0.5) is 0 Å². The van der Waals surface area contributed by atoms with Crippen molar-refractivity contribution < 1.29 is 23.1 Å². The van der Waals surface area contributed by atoms with Gasteiger partial charge >= 0.3 is 5.97 Å². The van der Waals surface area contributed by atoms with E-state index in [1.165, 1.54) is 4.90 Å². The topological polar surface area (TPSA) is 91.8 Å². The summed E-state index contributed by atoms with van der Waals surface area (Å²) in [7, 11) is -3.02. The Morgan fingerprint density at radius 3 is 2.06 bits per heavy atom. The maximum Gasteiger partial charge on any atom is 0.307 e. The van der Waals surface area contributed by atoms with Crippen molar-refractivity contribution in [2.24, 2.45) is 17.3 Å². The molecule has 2 rings (SSSR count). The van der Waals surface area contributed by atoms with Crippen LogP contribution in [0.1, 0.15) is 13.8 Å². The predicted octanol–water partition coefficient (Wildman–Crippen LogP) is -0.400. The Kier molecular flexibility index (Phi) is 2.92. The minimum Gasteiger partial charge on any atom is -0.481 e. The fourth-order valence-corrected chi connectivity index (χ4v) is 3.89. The van der Waals surface area contributed by atoms with Crippen molar-refractivity contribution in [1.29, 1.82) is 0 Å². The molecule has 18 heavy (non-hydrogen) atoms. The average Bonchev–Trinajstić information content (AvgIpc) is 2.80. The maximum absolute atomic E-state index is 12.2. The second-order valence-corrected chi connectivity index (χ2v) is 7.90. The largest absolute Gasteiger partial charge is 0.481 e. The van der Waals surface area contributed by atoms with Crippen molar-refractivity contribution in [1.82, 2.24) is 4.90 Å². The number of aliphatic carboxylic acids is 1. The van der Waals surface area contributed by atoms with Gasteiger partial charge in [0.25, 0.3) is 0 Å². The summed E-state index contributed by atoms with van der Waals surface area (Å²) in [5.74, 6) is -2.39. The predicted molar refractivity (Wildman–Crippen MR) is 63.6 cm³/mol. The Labute approximate surface area is 106 Å². The summed E-state index contributed by atoms with van der Waals surface area (Å²) in [6, 6.07) is 0. The van der Waals surface area contributed by atoms with Gasteiger partial charge in [-0.05, 0) is 5.41 Å². The second-order valence-electron chi connectivity index (χ2n) is 5.59. The van der Waals surface area contributed by atoms with E-state index in [0.29, 0.717) is 0 Å². The van der Waals surface area contributed by atoms with Crippen LogP contribution in [0, 0.1) is 17.3 Å². The van der Waals surface area contributed by atoms with Crippen molar-refractivity contribution in [3.8, 4) is 0 Å². The molecule has 1 N–H and O–H groups in total. The Morgan fingerprint density at radius 1 is 1.17 bits per heavy atom. The van der Waals surface area contributed by atoms with E-state index < -0.39 is 33.1 Å². The smallest absolute Gasteiger partial charge is 0.307 e. The van der Waals surface area contributed by atoms with Crippen LogP contribution in [0.3, 0.4) is 0 Å². The Morgan fingerprint density at radius 2 is 1.67 bits per heavy atom. The minimum absolute atomic E-state index is 0.0242. The Balaban J connectivity index is 2.04. The number of carboxylic acids is 1. The van der Waals surface area contributed by atoms with Gasteiger partial charge in [-0.25, -0.2) is 8.42 Å². The van der Waals surface area contributed by atoms with E-state index >= 15 is 0 Å². The zero-order chi connectivity index (χ0) is 13.7. The molecule has 7 heteroatoms. The van der Waals surface area contributed by atoms with Gasteiger partial charge < -0.3 is 10.0 Å². The molecule has 0 radical (unpaired) electrons. The lowest BCUT2D eigenvalue weighted by Crippen LogP contribution is -2.45. The number of carbonyl (C=O) groups is 2. The highest BCUT2D eigenvalue weighted by molar-refractivity contribution is 7.91. The number of hydrogen-bond acceptors (Lipinski definition) is 4. The highest BCUT2D eigenvalue weighted by atomic mass is 32.2. The van der Waals surface area contributed by atoms with Crippen LogP contribution >= 0.6 is 0 Å². The standard InChI is InChI=1S/C11H17NO5S/c1-11(2)7(8(11)10(14)15)9(13)12-3-5-18(16,17)6-4-12/h7-8H,3-6H2,1-2H3,(H,14,15). The summed E-state index contributed by atoms with van der Waals surface area (Å²) >= 11 is 0. The van der Waals surface area contributed by atoms with Gasteiger partial charge in [-0.3, -0.25) is 9.59 Å². The molecule has 0 bridgehead atoms. The van der Waals surface area contributed by atoms with E-state index in [-0.39, 0.29) is 30.5 Å². The molecule has 2 unspecified atom stereocenters. The number of rotatable bonds is 2. The fourth-order valence-electron chi connectivity index (χ4n) is 2.69. The van der Waals surface area contributed by atoms with Gasteiger partial charge in [0, 0.05) is 13.1 Å². The summed E-state index contributed by atoms with van der Waals surface area (Å²) in [6.45, 7) is 3.88. The molecule has 6 nitrogen and oxygen atoms in total. The summed E-state index contributed by atoms with van der Waals surface area (Å²) in [5, 5.41) is 9.02. The number of hydrogen-bond donors (Lipinski definition) is 1. The molecular weight excluding hydrogens is 258 g/mol. The van der Waals surface area contributed by atoms with Crippen LogP contribution in [-0.2, 0) is 19.4 Å². The lowest BCUT2D eigenvalue weighted by Gasteiger charge is -2.27. The molecule has 0 aromatic carbocycles. The molecule has 2 aliphatic rings. The van der Waals surface area contributed by atoms with E-state index in [0.717, 1.165) is 0 Å². The van der Waals surface area contributed by atoms with E-state index in [4.69, 9.17) is 5.11 Å². The van der Waals surface area contributed by atoms with E-state index in [9.17, 15) is 18.0 Å². The molecule has 2 atom stereocenters. The van der Waals surface area contributed by atoms with Crippen LogP contribution in [0.5, 0.6) is 0 Å². The highest BCUT2D eigenvalue weighted by Crippen LogP contribution is 2.59. The van der Waals surface area contributed by atoms with Gasteiger partial charge in [0.05, 0.1) is 23.3 Å². The zero-order valence-electron chi connectivity index (χ0n) is 10.4. The monoisotopic (exact) mass is 275 g/mol. The first-order valence-corrected chi connectivity index (χ1v) is 7.71.